The molecule has 0 aromatic heterocycles. The maximum absolute atomic E-state index is 12.0. The minimum absolute atomic E-state index is 0.0896. The summed E-state index contributed by atoms with van der Waals surface area (Å²) >= 11 is 17.8. The lowest BCUT2D eigenvalue weighted by atomic mass is 10.0. The summed E-state index contributed by atoms with van der Waals surface area (Å²) in [5.74, 6) is 0.208. The third kappa shape index (κ3) is 5.99. The molecular formula is C17H23Cl3N2O2. The fraction of sp³-hybridized carbons (Fsp3) is 0.588. The number of carbonyl (C=O) groups is 1. The van der Waals surface area contributed by atoms with E-state index >= 15 is 0 Å². The Kier molecular flexibility index (Phi) is 7.95. The second-order valence-corrected chi connectivity index (χ2v) is 7.24. The van der Waals surface area contributed by atoms with Crippen molar-refractivity contribution >= 4 is 40.7 Å². The fourth-order valence-corrected chi connectivity index (χ4v) is 3.30. The average molecular weight is 394 g/mol. The second-order valence-electron chi connectivity index (χ2n) is 6.02. The van der Waals surface area contributed by atoms with E-state index in [-0.39, 0.29) is 18.6 Å². The van der Waals surface area contributed by atoms with Gasteiger partial charge < -0.3 is 15.0 Å². The van der Waals surface area contributed by atoms with Crippen LogP contribution in [0.15, 0.2) is 12.1 Å². The molecule has 24 heavy (non-hydrogen) atoms. The monoisotopic (exact) mass is 392 g/mol. The molecule has 0 atom stereocenters. The van der Waals surface area contributed by atoms with Gasteiger partial charge in [0.1, 0.15) is 5.75 Å². The Bertz CT molecular complexity index is 561. The quantitative estimate of drug-likeness (QED) is 0.698. The number of unbranched alkanes of at least 4 members (excludes halogenated alkanes) is 1. The van der Waals surface area contributed by atoms with Gasteiger partial charge in [0.2, 0.25) is 0 Å². The van der Waals surface area contributed by atoms with Crippen LogP contribution in [0.1, 0.15) is 32.6 Å². The van der Waals surface area contributed by atoms with Gasteiger partial charge in [-0.2, -0.15) is 0 Å². The number of benzene rings is 1. The Balaban J connectivity index is 1.73. The molecule has 1 N–H and O–H groups in total. The van der Waals surface area contributed by atoms with E-state index in [0.717, 1.165) is 32.5 Å². The molecule has 0 radical (unpaired) electrons. The highest BCUT2D eigenvalue weighted by Gasteiger charge is 2.20. The highest BCUT2D eigenvalue weighted by molar-refractivity contribution is 6.43. The van der Waals surface area contributed by atoms with Crippen LogP contribution in [0.5, 0.6) is 5.75 Å². The molecule has 1 aromatic carbocycles. The third-order valence-corrected chi connectivity index (χ3v) is 5.13. The summed E-state index contributed by atoms with van der Waals surface area (Å²) in [5, 5.41) is 4.05. The van der Waals surface area contributed by atoms with Crippen LogP contribution >= 0.6 is 34.8 Å². The van der Waals surface area contributed by atoms with Gasteiger partial charge in [0.15, 0.2) is 6.61 Å². The number of likely N-dealkylation sites (tertiary alicyclic amines) is 1. The average Bonchev–Trinajstić information content (AvgIpc) is 2.56. The Morgan fingerprint density at radius 1 is 1.21 bits per heavy atom. The molecule has 0 unspecified atom stereocenters. The highest BCUT2D eigenvalue weighted by atomic mass is 35.5. The fourth-order valence-electron chi connectivity index (χ4n) is 2.71. The topological polar surface area (TPSA) is 41.6 Å². The van der Waals surface area contributed by atoms with Crippen molar-refractivity contribution < 1.29 is 9.53 Å². The molecule has 0 aliphatic carbocycles. The van der Waals surface area contributed by atoms with Gasteiger partial charge in [0.05, 0.1) is 15.1 Å². The van der Waals surface area contributed by atoms with E-state index in [0.29, 0.717) is 20.8 Å². The van der Waals surface area contributed by atoms with Gasteiger partial charge in [-0.3, -0.25) is 4.79 Å². The molecule has 1 aliphatic heterocycles. The molecule has 4 nitrogen and oxygen atoms in total. The Morgan fingerprint density at radius 3 is 2.54 bits per heavy atom. The number of rotatable bonds is 7. The van der Waals surface area contributed by atoms with E-state index in [9.17, 15) is 4.79 Å². The second kappa shape index (κ2) is 9.71. The molecule has 0 saturated carbocycles. The van der Waals surface area contributed by atoms with Gasteiger partial charge in [-0.15, -0.1) is 0 Å². The number of hydrogen-bond donors (Lipinski definition) is 1. The van der Waals surface area contributed by atoms with Crippen LogP contribution in [-0.2, 0) is 4.79 Å². The lowest BCUT2D eigenvalue weighted by Gasteiger charge is -2.32. The van der Waals surface area contributed by atoms with Crippen molar-refractivity contribution in [3.05, 3.63) is 27.2 Å². The van der Waals surface area contributed by atoms with Crippen LogP contribution in [0.25, 0.3) is 0 Å². The molecule has 1 fully saturated rings. The summed E-state index contributed by atoms with van der Waals surface area (Å²) in [5.41, 5.74) is 0. The van der Waals surface area contributed by atoms with E-state index < -0.39 is 0 Å². The minimum Gasteiger partial charge on any atom is -0.482 e. The maximum Gasteiger partial charge on any atom is 0.258 e. The summed E-state index contributed by atoms with van der Waals surface area (Å²) in [6.07, 6.45) is 4.40. The number of ether oxygens (including phenoxy) is 1. The molecule has 1 aliphatic rings. The van der Waals surface area contributed by atoms with Gasteiger partial charge in [0.25, 0.3) is 5.91 Å². The standard InChI is InChI=1S/C17H23Cl3N2O2/c1-2-3-6-22-7-4-12(5-8-22)21-17(23)11-24-16-10-14(19)13(18)9-15(16)20/h9-10,12H,2-8,11H2,1H3,(H,21,23). The zero-order valence-electron chi connectivity index (χ0n) is 13.8. The minimum atomic E-state index is -0.149. The SMILES string of the molecule is CCCCN1CCC(NC(=O)COc2cc(Cl)c(Cl)cc2Cl)CC1. The van der Waals surface area contributed by atoms with Crippen LogP contribution in [-0.4, -0.2) is 43.1 Å². The van der Waals surface area contributed by atoms with E-state index in [1.165, 1.54) is 25.0 Å². The van der Waals surface area contributed by atoms with Gasteiger partial charge >= 0.3 is 0 Å². The first-order valence-corrected chi connectivity index (χ1v) is 9.42. The van der Waals surface area contributed by atoms with Crippen molar-refractivity contribution in [2.24, 2.45) is 0 Å². The highest BCUT2D eigenvalue weighted by Crippen LogP contribution is 2.33. The molecule has 134 valence electrons. The summed E-state index contributed by atoms with van der Waals surface area (Å²) in [7, 11) is 0. The van der Waals surface area contributed by atoms with Crippen LogP contribution in [0.4, 0.5) is 0 Å². The van der Waals surface area contributed by atoms with E-state index in [2.05, 4.69) is 17.1 Å². The van der Waals surface area contributed by atoms with E-state index in [4.69, 9.17) is 39.5 Å². The van der Waals surface area contributed by atoms with Crippen molar-refractivity contribution in [1.29, 1.82) is 0 Å². The molecule has 1 amide bonds. The number of nitrogens with zero attached hydrogens (tertiary/aromatic N) is 1. The molecule has 1 heterocycles. The van der Waals surface area contributed by atoms with Gasteiger partial charge in [-0.05, 0) is 31.9 Å². The predicted molar refractivity (Wildman–Crippen MR) is 99.5 cm³/mol. The zero-order valence-corrected chi connectivity index (χ0v) is 16.1. The largest absolute Gasteiger partial charge is 0.482 e. The molecule has 1 aromatic rings. The summed E-state index contributed by atoms with van der Waals surface area (Å²) < 4.78 is 5.45. The number of amides is 1. The Hall–Kier alpha value is -0.680. The molecule has 1 saturated heterocycles. The van der Waals surface area contributed by atoms with Gasteiger partial charge in [-0.1, -0.05) is 48.1 Å². The Morgan fingerprint density at radius 2 is 1.88 bits per heavy atom. The summed E-state index contributed by atoms with van der Waals surface area (Å²) in [6.45, 7) is 5.33. The van der Waals surface area contributed by atoms with Crippen LogP contribution < -0.4 is 10.1 Å². The van der Waals surface area contributed by atoms with Crippen molar-refractivity contribution in [3.63, 3.8) is 0 Å². The van der Waals surface area contributed by atoms with Crippen molar-refractivity contribution in [2.75, 3.05) is 26.2 Å². The normalized spacial score (nSPS) is 16.2. The molecule has 0 bridgehead atoms. The number of carbonyl (C=O) groups excluding carboxylic acids is 1. The first-order valence-electron chi connectivity index (χ1n) is 8.28. The van der Waals surface area contributed by atoms with Crippen molar-refractivity contribution in [2.45, 2.75) is 38.6 Å². The smallest absolute Gasteiger partial charge is 0.258 e. The molecule has 7 heteroatoms. The molecule has 0 spiro atoms. The summed E-state index contributed by atoms with van der Waals surface area (Å²) in [6, 6.07) is 3.24. The first-order chi connectivity index (χ1) is 11.5. The predicted octanol–water partition coefficient (Wildman–Crippen LogP) is 4.41. The lowest BCUT2D eigenvalue weighted by Crippen LogP contribution is -2.46. The zero-order chi connectivity index (χ0) is 17.5. The van der Waals surface area contributed by atoms with Crippen molar-refractivity contribution in [3.8, 4) is 5.75 Å². The van der Waals surface area contributed by atoms with E-state index in [1.54, 1.807) is 0 Å². The summed E-state index contributed by atoms with van der Waals surface area (Å²) in [4.78, 5) is 14.5. The third-order valence-electron chi connectivity index (χ3n) is 4.11. The van der Waals surface area contributed by atoms with Crippen LogP contribution in [0.2, 0.25) is 15.1 Å². The van der Waals surface area contributed by atoms with Crippen LogP contribution in [0.3, 0.4) is 0 Å². The van der Waals surface area contributed by atoms with Crippen LogP contribution in [0, 0.1) is 0 Å². The first kappa shape index (κ1) is 19.6. The lowest BCUT2D eigenvalue weighted by molar-refractivity contribution is -0.124. The number of hydrogen-bond acceptors (Lipinski definition) is 3. The van der Waals surface area contributed by atoms with Crippen molar-refractivity contribution in [1.82, 2.24) is 10.2 Å². The number of piperidine rings is 1. The van der Waals surface area contributed by atoms with Gasteiger partial charge in [0, 0.05) is 25.2 Å². The van der Waals surface area contributed by atoms with E-state index in [1.807, 2.05) is 0 Å². The maximum atomic E-state index is 12.0. The molecule has 2 rings (SSSR count). The number of halogens is 3. The molecular weight excluding hydrogens is 371 g/mol. The Labute approximate surface area is 158 Å². The number of nitrogens with one attached hydrogen (secondary N) is 1. The van der Waals surface area contributed by atoms with Gasteiger partial charge in [-0.25, -0.2) is 0 Å².